The molecular weight excluding hydrogens is 336 g/mol. The predicted molar refractivity (Wildman–Crippen MR) is 95.8 cm³/mol. The number of aromatic nitrogens is 2. The molecule has 0 unspecified atom stereocenters. The molecule has 0 spiro atoms. The van der Waals surface area contributed by atoms with Gasteiger partial charge in [0.05, 0.1) is 11.2 Å². The van der Waals surface area contributed by atoms with Crippen LogP contribution >= 0.6 is 15.9 Å². The van der Waals surface area contributed by atoms with Crippen LogP contribution in [0.5, 0.6) is 0 Å². The highest BCUT2D eigenvalue weighted by Gasteiger charge is 2.15. The monoisotopic (exact) mass is 350 g/mol. The van der Waals surface area contributed by atoms with Gasteiger partial charge >= 0.3 is 0 Å². The van der Waals surface area contributed by atoms with Crippen molar-refractivity contribution in [1.29, 1.82) is 0 Å². The Morgan fingerprint density at radius 2 is 1.73 bits per heavy atom. The van der Waals surface area contributed by atoms with E-state index in [1.807, 2.05) is 12.3 Å². The van der Waals surface area contributed by atoms with Crippen LogP contribution in [0.4, 0.5) is 0 Å². The minimum absolute atomic E-state index is 1.01. The Hall–Kier alpha value is -2.13. The van der Waals surface area contributed by atoms with Crippen LogP contribution in [-0.4, -0.2) is 9.55 Å². The molecule has 2 heterocycles. The van der Waals surface area contributed by atoms with Crippen molar-refractivity contribution in [3.05, 3.63) is 70.3 Å². The molecule has 2 aromatic carbocycles. The lowest BCUT2D eigenvalue weighted by atomic mass is 10.1. The molecule has 0 atom stereocenters. The predicted octanol–water partition coefficient (Wildman–Crippen LogP) is 5.56. The summed E-state index contributed by atoms with van der Waals surface area (Å²) in [5.41, 5.74) is 5.90. The highest BCUT2D eigenvalue weighted by atomic mass is 79.9. The Morgan fingerprint density at radius 3 is 2.59 bits per heavy atom. The van der Waals surface area contributed by atoms with Gasteiger partial charge in [-0.05, 0) is 49.2 Å². The molecule has 0 amide bonds. The summed E-state index contributed by atoms with van der Waals surface area (Å²) in [6.45, 7) is 4.30. The Kier molecular flexibility index (Phi) is 3.05. The number of pyridine rings is 1. The van der Waals surface area contributed by atoms with Gasteiger partial charge in [0.25, 0.3) is 0 Å². The van der Waals surface area contributed by atoms with Crippen molar-refractivity contribution in [2.24, 2.45) is 0 Å². The van der Waals surface area contributed by atoms with Gasteiger partial charge in [0.2, 0.25) is 0 Å². The van der Waals surface area contributed by atoms with Crippen molar-refractivity contribution < 1.29 is 0 Å². The van der Waals surface area contributed by atoms with E-state index >= 15 is 0 Å². The van der Waals surface area contributed by atoms with Crippen LogP contribution in [0.3, 0.4) is 0 Å². The molecule has 0 bridgehead atoms. The first-order chi connectivity index (χ1) is 10.7. The number of hydrogen-bond acceptors (Lipinski definition) is 1. The van der Waals surface area contributed by atoms with Crippen LogP contribution < -0.4 is 0 Å². The third kappa shape index (κ3) is 1.89. The first-order valence-electron chi connectivity index (χ1n) is 7.28. The number of halogens is 1. The van der Waals surface area contributed by atoms with E-state index in [1.165, 1.54) is 33.1 Å². The van der Waals surface area contributed by atoms with Crippen LogP contribution in [0.2, 0.25) is 0 Å². The van der Waals surface area contributed by atoms with E-state index in [4.69, 9.17) is 0 Å². The summed E-state index contributed by atoms with van der Waals surface area (Å²) in [6, 6.07) is 17.0. The highest BCUT2D eigenvalue weighted by molar-refractivity contribution is 9.10. The average Bonchev–Trinajstić information content (AvgIpc) is 2.86. The normalized spacial score (nSPS) is 11.4. The third-order valence-electron chi connectivity index (χ3n) is 4.16. The first kappa shape index (κ1) is 13.5. The fourth-order valence-electron chi connectivity index (χ4n) is 3.12. The van der Waals surface area contributed by atoms with E-state index in [0.717, 1.165) is 10.1 Å². The molecule has 0 saturated heterocycles. The number of fused-ring (bicyclic) bond motifs is 3. The van der Waals surface area contributed by atoms with Gasteiger partial charge in [0.1, 0.15) is 5.65 Å². The lowest BCUT2D eigenvalue weighted by Gasteiger charge is -2.12. The zero-order valence-electron chi connectivity index (χ0n) is 12.5. The van der Waals surface area contributed by atoms with Gasteiger partial charge in [-0.2, -0.15) is 0 Å². The van der Waals surface area contributed by atoms with Gasteiger partial charge in [-0.1, -0.05) is 40.2 Å². The van der Waals surface area contributed by atoms with Gasteiger partial charge in [-0.15, -0.1) is 0 Å². The third-order valence-corrected chi connectivity index (χ3v) is 4.66. The zero-order chi connectivity index (χ0) is 15.3. The maximum Gasteiger partial charge on any atom is 0.145 e. The average molecular weight is 351 g/mol. The number of para-hydroxylation sites is 1. The summed E-state index contributed by atoms with van der Waals surface area (Å²) in [6.07, 6.45) is 1.86. The molecule has 2 aromatic heterocycles. The molecule has 4 rings (SSSR count). The van der Waals surface area contributed by atoms with Crippen LogP contribution in [0, 0.1) is 13.8 Å². The van der Waals surface area contributed by atoms with Gasteiger partial charge in [-0.3, -0.25) is 4.57 Å². The summed E-state index contributed by atoms with van der Waals surface area (Å²) >= 11 is 3.59. The number of rotatable bonds is 1. The Labute approximate surface area is 137 Å². The van der Waals surface area contributed by atoms with Crippen molar-refractivity contribution in [3.8, 4) is 5.69 Å². The van der Waals surface area contributed by atoms with E-state index in [9.17, 15) is 0 Å². The number of nitrogens with zero attached hydrogens (tertiary/aromatic N) is 2. The van der Waals surface area contributed by atoms with E-state index in [0.29, 0.717) is 0 Å². The van der Waals surface area contributed by atoms with E-state index in [1.54, 1.807) is 0 Å². The SMILES string of the molecule is Cc1ccc(Br)cc1-n1c2ncccc2c2cccc(C)c21. The maximum atomic E-state index is 4.65. The fourth-order valence-corrected chi connectivity index (χ4v) is 3.47. The molecular formula is C19H15BrN2. The molecule has 22 heavy (non-hydrogen) atoms. The fraction of sp³-hybridized carbons (Fsp3) is 0.105. The molecule has 108 valence electrons. The van der Waals surface area contributed by atoms with E-state index in [2.05, 4.69) is 81.8 Å². The molecule has 0 aliphatic rings. The quantitative estimate of drug-likeness (QED) is 0.439. The smallest absolute Gasteiger partial charge is 0.145 e. The van der Waals surface area contributed by atoms with Gasteiger partial charge < -0.3 is 0 Å². The topological polar surface area (TPSA) is 17.8 Å². The van der Waals surface area contributed by atoms with Gasteiger partial charge in [0, 0.05) is 21.4 Å². The Morgan fingerprint density at radius 1 is 0.909 bits per heavy atom. The minimum Gasteiger partial charge on any atom is -0.293 e. The van der Waals surface area contributed by atoms with E-state index < -0.39 is 0 Å². The highest BCUT2D eigenvalue weighted by Crippen LogP contribution is 2.34. The van der Waals surface area contributed by atoms with Crippen LogP contribution in [0.25, 0.3) is 27.6 Å². The second-order valence-electron chi connectivity index (χ2n) is 5.61. The molecule has 0 fully saturated rings. The zero-order valence-corrected chi connectivity index (χ0v) is 14.1. The molecule has 0 radical (unpaired) electrons. The summed E-state index contributed by atoms with van der Waals surface area (Å²) in [5.74, 6) is 0. The Balaban J connectivity index is 2.27. The summed E-state index contributed by atoms with van der Waals surface area (Å²) in [5, 5.41) is 2.45. The lowest BCUT2D eigenvalue weighted by Crippen LogP contribution is -1.99. The van der Waals surface area contributed by atoms with Gasteiger partial charge in [-0.25, -0.2) is 4.98 Å². The van der Waals surface area contributed by atoms with Crippen molar-refractivity contribution >= 4 is 37.9 Å². The minimum atomic E-state index is 1.01. The molecule has 2 nitrogen and oxygen atoms in total. The molecule has 0 N–H and O–H groups in total. The maximum absolute atomic E-state index is 4.65. The van der Waals surface area contributed by atoms with Crippen LogP contribution in [0.15, 0.2) is 59.2 Å². The van der Waals surface area contributed by atoms with Crippen molar-refractivity contribution in [2.75, 3.05) is 0 Å². The largest absolute Gasteiger partial charge is 0.293 e. The molecule has 0 aliphatic heterocycles. The van der Waals surface area contributed by atoms with Gasteiger partial charge in [0.15, 0.2) is 0 Å². The standard InChI is InChI=1S/C19H15BrN2/c1-12-8-9-14(20)11-17(12)22-18-13(2)5-3-6-15(18)16-7-4-10-21-19(16)22/h3-11H,1-2H3. The summed E-state index contributed by atoms with van der Waals surface area (Å²) in [4.78, 5) is 4.65. The van der Waals surface area contributed by atoms with Crippen LogP contribution in [0.1, 0.15) is 11.1 Å². The molecule has 4 aromatic rings. The lowest BCUT2D eigenvalue weighted by molar-refractivity contribution is 1.10. The summed E-state index contributed by atoms with van der Waals surface area (Å²) in [7, 11) is 0. The first-order valence-corrected chi connectivity index (χ1v) is 8.07. The second-order valence-corrected chi connectivity index (χ2v) is 6.53. The van der Waals surface area contributed by atoms with Crippen LogP contribution in [-0.2, 0) is 0 Å². The molecule has 3 heteroatoms. The van der Waals surface area contributed by atoms with Crippen molar-refractivity contribution in [3.63, 3.8) is 0 Å². The molecule has 0 aliphatic carbocycles. The van der Waals surface area contributed by atoms with Crippen molar-refractivity contribution in [1.82, 2.24) is 9.55 Å². The Bertz CT molecular complexity index is 1010. The number of hydrogen-bond donors (Lipinski definition) is 0. The number of benzene rings is 2. The van der Waals surface area contributed by atoms with Crippen molar-refractivity contribution in [2.45, 2.75) is 13.8 Å². The van der Waals surface area contributed by atoms with E-state index in [-0.39, 0.29) is 0 Å². The molecule has 0 saturated carbocycles. The second kappa shape index (κ2) is 4.96. The number of aryl methyl sites for hydroxylation is 2. The summed E-state index contributed by atoms with van der Waals surface area (Å²) < 4.78 is 3.35.